The second kappa shape index (κ2) is 6.09. The lowest BCUT2D eigenvalue weighted by molar-refractivity contribution is 0.101. The van der Waals surface area contributed by atoms with E-state index in [0.717, 1.165) is 5.69 Å². The molecule has 1 N–H and O–H groups in total. The van der Waals surface area contributed by atoms with Crippen molar-refractivity contribution in [3.8, 4) is 11.8 Å². The second-order valence-corrected chi connectivity index (χ2v) is 4.44. The largest absolute Gasteiger partial charge is 0.495 e. The van der Waals surface area contributed by atoms with Gasteiger partial charge in [0.25, 0.3) is 5.91 Å². The molecule has 0 saturated heterocycles. The summed E-state index contributed by atoms with van der Waals surface area (Å²) in [6.45, 7) is 4.33. The van der Waals surface area contributed by atoms with Gasteiger partial charge in [0.2, 0.25) is 0 Å². The number of ether oxygens (including phenoxy) is 1. The molecule has 0 unspecified atom stereocenters. The van der Waals surface area contributed by atoms with Gasteiger partial charge in [-0.05, 0) is 32.0 Å². The minimum Gasteiger partial charge on any atom is -0.495 e. The third-order valence-electron chi connectivity index (χ3n) is 3.04. The normalized spacial score (nSPS) is 10.0. The van der Waals surface area contributed by atoms with Crippen LogP contribution in [0.3, 0.4) is 0 Å². The van der Waals surface area contributed by atoms with Crippen molar-refractivity contribution >= 4 is 11.6 Å². The number of para-hydroxylation sites is 1. The van der Waals surface area contributed by atoms with Crippen LogP contribution in [0.15, 0.2) is 24.3 Å². The van der Waals surface area contributed by atoms with E-state index in [1.54, 1.807) is 28.9 Å². The van der Waals surface area contributed by atoms with E-state index in [1.165, 1.54) is 7.11 Å². The van der Waals surface area contributed by atoms with E-state index in [0.29, 0.717) is 29.2 Å². The van der Waals surface area contributed by atoms with Crippen LogP contribution in [0.5, 0.6) is 5.75 Å². The van der Waals surface area contributed by atoms with Gasteiger partial charge in [-0.15, -0.1) is 0 Å². The molecule has 1 heterocycles. The van der Waals surface area contributed by atoms with Gasteiger partial charge in [0.1, 0.15) is 23.2 Å². The van der Waals surface area contributed by atoms with E-state index in [9.17, 15) is 4.79 Å². The fourth-order valence-corrected chi connectivity index (χ4v) is 2.07. The predicted octanol–water partition coefficient (Wildman–Crippen LogP) is 2.34. The van der Waals surface area contributed by atoms with Gasteiger partial charge in [0.05, 0.1) is 18.4 Å². The van der Waals surface area contributed by atoms with Crippen molar-refractivity contribution in [1.29, 1.82) is 5.26 Å². The first-order chi connectivity index (χ1) is 10.1. The summed E-state index contributed by atoms with van der Waals surface area (Å²) in [7, 11) is 1.49. The lowest BCUT2D eigenvalue weighted by Gasteiger charge is -2.12. The maximum Gasteiger partial charge on any atom is 0.274 e. The Labute approximate surface area is 123 Å². The van der Waals surface area contributed by atoms with Crippen LogP contribution in [0.2, 0.25) is 0 Å². The molecule has 0 atom stereocenters. The number of carbonyl (C=O) groups excluding carboxylic acids is 1. The summed E-state index contributed by atoms with van der Waals surface area (Å²) in [6.07, 6.45) is 0. The molecule has 6 nitrogen and oxygen atoms in total. The number of aryl methyl sites for hydroxylation is 2. The van der Waals surface area contributed by atoms with E-state index >= 15 is 0 Å². The Morgan fingerprint density at radius 3 is 2.90 bits per heavy atom. The Hall–Kier alpha value is -2.81. The van der Waals surface area contributed by atoms with Crippen LogP contribution >= 0.6 is 0 Å². The highest BCUT2D eigenvalue weighted by Gasteiger charge is 2.17. The Balaban J connectivity index is 2.38. The quantitative estimate of drug-likeness (QED) is 0.934. The molecule has 0 fully saturated rings. The summed E-state index contributed by atoms with van der Waals surface area (Å²) >= 11 is 0. The fourth-order valence-electron chi connectivity index (χ4n) is 2.07. The first kappa shape index (κ1) is 14.6. The van der Waals surface area contributed by atoms with Gasteiger partial charge in [-0.25, -0.2) is 0 Å². The van der Waals surface area contributed by atoms with Crippen molar-refractivity contribution in [2.45, 2.75) is 20.4 Å². The van der Waals surface area contributed by atoms with Gasteiger partial charge in [0.15, 0.2) is 0 Å². The molecule has 1 aromatic heterocycles. The standard InChI is InChI=1S/C15H16N4O2/c1-4-19-12(8-10(2)18-19)15(20)17-14-11(9-16)6-5-7-13(14)21-3/h5-8H,4H2,1-3H3,(H,17,20). The van der Waals surface area contributed by atoms with Crippen molar-refractivity contribution in [2.24, 2.45) is 0 Å². The van der Waals surface area contributed by atoms with Crippen molar-refractivity contribution < 1.29 is 9.53 Å². The number of benzene rings is 1. The lowest BCUT2D eigenvalue weighted by Crippen LogP contribution is -2.18. The van der Waals surface area contributed by atoms with Crippen LogP contribution < -0.4 is 10.1 Å². The zero-order valence-corrected chi connectivity index (χ0v) is 12.2. The molecule has 0 saturated carbocycles. The van der Waals surface area contributed by atoms with Gasteiger partial charge in [-0.3, -0.25) is 9.48 Å². The highest BCUT2D eigenvalue weighted by molar-refractivity contribution is 6.04. The summed E-state index contributed by atoms with van der Waals surface area (Å²) in [4.78, 5) is 12.4. The number of nitriles is 1. The van der Waals surface area contributed by atoms with Gasteiger partial charge in [0, 0.05) is 6.54 Å². The molecule has 2 aromatic rings. The van der Waals surface area contributed by atoms with Crippen molar-refractivity contribution in [3.63, 3.8) is 0 Å². The number of rotatable bonds is 4. The summed E-state index contributed by atoms with van der Waals surface area (Å²) in [5.74, 6) is 0.125. The third kappa shape index (κ3) is 2.87. The number of hydrogen-bond acceptors (Lipinski definition) is 4. The number of anilines is 1. The zero-order chi connectivity index (χ0) is 15.4. The lowest BCUT2D eigenvalue weighted by atomic mass is 10.1. The van der Waals surface area contributed by atoms with E-state index in [-0.39, 0.29) is 5.91 Å². The Bertz CT molecular complexity index is 713. The molecule has 0 radical (unpaired) electrons. The first-order valence-electron chi connectivity index (χ1n) is 6.53. The molecule has 1 amide bonds. The Morgan fingerprint density at radius 2 is 2.29 bits per heavy atom. The zero-order valence-electron chi connectivity index (χ0n) is 12.2. The smallest absolute Gasteiger partial charge is 0.274 e. The topological polar surface area (TPSA) is 79.9 Å². The minimum absolute atomic E-state index is 0.321. The maximum atomic E-state index is 12.4. The predicted molar refractivity (Wildman–Crippen MR) is 78.3 cm³/mol. The molecule has 0 aliphatic heterocycles. The highest BCUT2D eigenvalue weighted by Crippen LogP contribution is 2.28. The second-order valence-electron chi connectivity index (χ2n) is 4.44. The molecule has 0 bridgehead atoms. The average molecular weight is 284 g/mol. The van der Waals surface area contributed by atoms with Crippen LogP contribution in [0.1, 0.15) is 28.7 Å². The number of aromatic nitrogens is 2. The first-order valence-corrected chi connectivity index (χ1v) is 6.53. The van der Waals surface area contributed by atoms with Crippen LogP contribution in [-0.2, 0) is 6.54 Å². The SMILES string of the molecule is CCn1nc(C)cc1C(=O)Nc1c(C#N)cccc1OC. The molecule has 108 valence electrons. The van der Waals surface area contributed by atoms with Crippen molar-refractivity contribution in [2.75, 3.05) is 12.4 Å². The average Bonchev–Trinajstić information content (AvgIpc) is 2.88. The maximum absolute atomic E-state index is 12.4. The summed E-state index contributed by atoms with van der Waals surface area (Å²) in [5.41, 5.74) is 1.93. The molecule has 21 heavy (non-hydrogen) atoms. The Morgan fingerprint density at radius 1 is 1.52 bits per heavy atom. The summed E-state index contributed by atoms with van der Waals surface area (Å²) in [6, 6.07) is 8.77. The van der Waals surface area contributed by atoms with Crippen LogP contribution in [0, 0.1) is 18.3 Å². The number of hydrogen-bond donors (Lipinski definition) is 1. The molecular formula is C15H16N4O2. The van der Waals surface area contributed by atoms with E-state index in [4.69, 9.17) is 10.00 Å². The minimum atomic E-state index is -0.321. The van der Waals surface area contributed by atoms with E-state index in [1.807, 2.05) is 19.9 Å². The van der Waals surface area contributed by atoms with Crippen LogP contribution in [0.4, 0.5) is 5.69 Å². The molecule has 0 aliphatic rings. The molecular weight excluding hydrogens is 268 g/mol. The van der Waals surface area contributed by atoms with Gasteiger partial charge < -0.3 is 10.1 Å². The number of carbonyl (C=O) groups is 1. The third-order valence-corrected chi connectivity index (χ3v) is 3.04. The van der Waals surface area contributed by atoms with Crippen LogP contribution in [0.25, 0.3) is 0 Å². The number of amides is 1. The van der Waals surface area contributed by atoms with Gasteiger partial charge in [-0.1, -0.05) is 6.07 Å². The molecule has 0 aliphatic carbocycles. The summed E-state index contributed by atoms with van der Waals surface area (Å²) in [5, 5.41) is 16.1. The highest BCUT2D eigenvalue weighted by atomic mass is 16.5. The fraction of sp³-hybridized carbons (Fsp3) is 0.267. The van der Waals surface area contributed by atoms with Crippen molar-refractivity contribution in [3.05, 3.63) is 41.2 Å². The van der Waals surface area contributed by atoms with Crippen LogP contribution in [-0.4, -0.2) is 22.8 Å². The van der Waals surface area contributed by atoms with Gasteiger partial charge >= 0.3 is 0 Å². The number of nitrogens with zero attached hydrogens (tertiary/aromatic N) is 3. The van der Waals surface area contributed by atoms with E-state index in [2.05, 4.69) is 10.4 Å². The molecule has 2 rings (SSSR count). The molecule has 6 heteroatoms. The molecule has 1 aromatic carbocycles. The summed E-state index contributed by atoms with van der Waals surface area (Å²) < 4.78 is 6.82. The number of nitrogens with one attached hydrogen (secondary N) is 1. The number of methoxy groups -OCH3 is 1. The van der Waals surface area contributed by atoms with E-state index < -0.39 is 0 Å². The molecule has 0 spiro atoms. The Kier molecular flexibility index (Phi) is 4.24. The monoisotopic (exact) mass is 284 g/mol. The van der Waals surface area contributed by atoms with Crippen molar-refractivity contribution in [1.82, 2.24) is 9.78 Å². The van der Waals surface area contributed by atoms with Gasteiger partial charge in [-0.2, -0.15) is 10.4 Å².